The third-order valence-electron chi connectivity index (χ3n) is 3.74. The van der Waals surface area contributed by atoms with Gasteiger partial charge in [0.15, 0.2) is 5.78 Å². The van der Waals surface area contributed by atoms with Crippen molar-refractivity contribution in [1.29, 1.82) is 0 Å². The monoisotopic (exact) mass is 287 g/mol. The van der Waals surface area contributed by atoms with E-state index in [0.717, 1.165) is 27.9 Å². The van der Waals surface area contributed by atoms with Gasteiger partial charge in [0.2, 0.25) is 0 Å². The molecule has 2 aromatic carbocycles. The lowest BCUT2D eigenvalue weighted by atomic mass is 9.93. The summed E-state index contributed by atoms with van der Waals surface area (Å²) in [5.41, 5.74) is 5.28. The SMILES string of the molecule is Cc1ccc(C(=O)c2ccccc2-c2ccccn2)c(C)c1. The van der Waals surface area contributed by atoms with E-state index in [1.807, 2.05) is 74.5 Å². The summed E-state index contributed by atoms with van der Waals surface area (Å²) >= 11 is 0. The number of nitrogens with zero attached hydrogens (tertiary/aromatic N) is 1. The molecule has 3 rings (SSSR count). The Morgan fingerprint density at radius 3 is 2.36 bits per heavy atom. The smallest absolute Gasteiger partial charge is 0.193 e. The lowest BCUT2D eigenvalue weighted by molar-refractivity contribution is 0.103. The Kier molecular flexibility index (Phi) is 3.84. The van der Waals surface area contributed by atoms with Gasteiger partial charge in [0.1, 0.15) is 0 Å². The van der Waals surface area contributed by atoms with Crippen molar-refractivity contribution in [2.75, 3.05) is 0 Å². The predicted molar refractivity (Wildman–Crippen MR) is 89.0 cm³/mol. The average molecular weight is 287 g/mol. The zero-order valence-corrected chi connectivity index (χ0v) is 12.7. The molecule has 0 aliphatic carbocycles. The van der Waals surface area contributed by atoms with E-state index in [0.29, 0.717) is 5.56 Å². The predicted octanol–water partition coefficient (Wildman–Crippen LogP) is 4.60. The number of carbonyl (C=O) groups excluding carboxylic acids is 1. The fraction of sp³-hybridized carbons (Fsp3) is 0.100. The van der Waals surface area contributed by atoms with Crippen LogP contribution < -0.4 is 0 Å². The Hall–Kier alpha value is -2.74. The van der Waals surface area contributed by atoms with Gasteiger partial charge in [-0.25, -0.2) is 0 Å². The molecule has 1 heterocycles. The Bertz CT molecular complexity index is 822. The molecular formula is C20H17NO. The van der Waals surface area contributed by atoms with Gasteiger partial charge in [-0.05, 0) is 31.5 Å². The fourth-order valence-corrected chi connectivity index (χ4v) is 2.64. The molecule has 0 saturated heterocycles. The molecule has 0 aliphatic rings. The number of hydrogen-bond donors (Lipinski definition) is 0. The van der Waals surface area contributed by atoms with Crippen LogP contribution >= 0.6 is 0 Å². The van der Waals surface area contributed by atoms with Gasteiger partial charge >= 0.3 is 0 Å². The zero-order valence-electron chi connectivity index (χ0n) is 12.7. The lowest BCUT2D eigenvalue weighted by Crippen LogP contribution is -2.06. The number of carbonyl (C=O) groups is 1. The number of pyridine rings is 1. The van der Waals surface area contributed by atoms with Crippen LogP contribution in [0, 0.1) is 13.8 Å². The summed E-state index contributed by atoms with van der Waals surface area (Å²) in [6.45, 7) is 4.01. The number of ketones is 1. The van der Waals surface area contributed by atoms with E-state index < -0.39 is 0 Å². The van der Waals surface area contributed by atoms with Gasteiger partial charge in [-0.1, -0.05) is 54.1 Å². The Labute approximate surface area is 130 Å². The van der Waals surface area contributed by atoms with Crippen molar-refractivity contribution in [1.82, 2.24) is 4.98 Å². The molecule has 22 heavy (non-hydrogen) atoms. The van der Waals surface area contributed by atoms with Crippen LogP contribution in [0.3, 0.4) is 0 Å². The highest BCUT2D eigenvalue weighted by atomic mass is 16.1. The molecule has 0 fully saturated rings. The molecule has 0 saturated carbocycles. The Morgan fingerprint density at radius 1 is 0.864 bits per heavy atom. The number of aryl methyl sites for hydroxylation is 2. The van der Waals surface area contributed by atoms with Crippen LogP contribution in [0.5, 0.6) is 0 Å². The fourth-order valence-electron chi connectivity index (χ4n) is 2.64. The van der Waals surface area contributed by atoms with Crippen LogP contribution in [0.2, 0.25) is 0 Å². The first-order chi connectivity index (χ1) is 10.7. The van der Waals surface area contributed by atoms with Crippen molar-refractivity contribution in [2.24, 2.45) is 0 Å². The second-order valence-electron chi connectivity index (χ2n) is 5.41. The molecule has 0 radical (unpaired) electrons. The lowest BCUT2D eigenvalue weighted by Gasteiger charge is -2.10. The van der Waals surface area contributed by atoms with E-state index in [1.165, 1.54) is 0 Å². The van der Waals surface area contributed by atoms with Gasteiger partial charge in [-0.15, -0.1) is 0 Å². The normalized spacial score (nSPS) is 10.5. The van der Waals surface area contributed by atoms with E-state index >= 15 is 0 Å². The minimum atomic E-state index is 0.0405. The van der Waals surface area contributed by atoms with Crippen LogP contribution in [0.15, 0.2) is 66.9 Å². The molecule has 2 nitrogen and oxygen atoms in total. The van der Waals surface area contributed by atoms with E-state index in [4.69, 9.17) is 0 Å². The molecule has 0 bridgehead atoms. The second kappa shape index (κ2) is 5.94. The molecular weight excluding hydrogens is 270 g/mol. The van der Waals surface area contributed by atoms with Crippen LogP contribution in [-0.4, -0.2) is 10.8 Å². The van der Waals surface area contributed by atoms with Gasteiger partial charge in [0.05, 0.1) is 5.69 Å². The molecule has 0 aliphatic heterocycles. The first-order valence-corrected chi connectivity index (χ1v) is 7.29. The highest BCUT2D eigenvalue weighted by molar-refractivity contribution is 6.13. The van der Waals surface area contributed by atoms with E-state index in [9.17, 15) is 4.79 Å². The topological polar surface area (TPSA) is 30.0 Å². The van der Waals surface area contributed by atoms with Crippen LogP contribution in [0.4, 0.5) is 0 Å². The van der Waals surface area contributed by atoms with E-state index in [1.54, 1.807) is 6.20 Å². The van der Waals surface area contributed by atoms with Crippen molar-refractivity contribution < 1.29 is 4.79 Å². The van der Waals surface area contributed by atoms with Crippen LogP contribution in [0.25, 0.3) is 11.3 Å². The third-order valence-corrected chi connectivity index (χ3v) is 3.74. The quantitative estimate of drug-likeness (QED) is 0.659. The maximum absolute atomic E-state index is 12.9. The molecule has 0 amide bonds. The molecule has 108 valence electrons. The summed E-state index contributed by atoms with van der Waals surface area (Å²) in [5, 5.41) is 0. The summed E-state index contributed by atoms with van der Waals surface area (Å²) in [4.78, 5) is 17.3. The summed E-state index contributed by atoms with van der Waals surface area (Å²) < 4.78 is 0. The molecule has 0 spiro atoms. The first kappa shape index (κ1) is 14.2. The largest absolute Gasteiger partial charge is 0.289 e. The van der Waals surface area contributed by atoms with E-state index in [2.05, 4.69) is 4.98 Å². The summed E-state index contributed by atoms with van der Waals surface area (Å²) in [6, 6.07) is 19.3. The van der Waals surface area contributed by atoms with Crippen molar-refractivity contribution in [3.63, 3.8) is 0 Å². The highest BCUT2D eigenvalue weighted by Gasteiger charge is 2.16. The maximum atomic E-state index is 12.9. The molecule has 0 N–H and O–H groups in total. The van der Waals surface area contributed by atoms with Crippen LogP contribution in [-0.2, 0) is 0 Å². The van der Waals surface area contributed by atoms with Crippen molar-refractivity contribution in [3.8, 4) is 11.3 Å². The number of aromatic nitrogens is 1. The van der Waals surface area contributed by atoms with Gasteiger partial charge in [-0.3, -0.25) is 9.78 Å². The van der Waals surface area contributed by atoms with Gasteiger partial charge in [0.25, 0.3) is 0 Å². The first-order valence-electron chi connectivity index (χ1n) is 7.29. The molecule has 1 aromatic heterocycles. The molecule has 2 heteroatoms. The number of hydrogen-bond acceptors (Lipinski definition) is 2. The highest BCUT2D eigenvalue weighted by Crippen LogP contribution is 2.25. The summed E-state index contributed by atoms with van der Waals surface area (Å²) in [5.74, 6) is 0.0405. The van der Waals surface area contributed by atoms with Crippen LogP contribution in [0.1, 0.15) is 27.0 Å². The minimum Gasteiger partial charge on any atom is -0.289 e. The molecule has 0 unspecified atom stereocenters. The Morgan fingerprint density at radius 2 is 1.64 bits per heavy atom. The average Bonchev–Trinajstić information content (AvgIpc) is 2.55. The second-order valence-corrected chi connectivity index (χ2v) is 5.41. The van der Waals surface area contributed by atoms with Gasteiger partial charge in [-0.2, -0.15) is 0 Å². The van der Waals surface area contributed by atoms with E-state index in [-0.39, 0.29) is 5.78 Å². The van der Waals surface area contributed by atoms with Gasteiger partial charge < -0.3 is 0 Å². The van der Waals surface area contributed by atoms with Crippen molar-refractivity contribution in [3.05, 3.63) is 89.1 Å². The standard InChI is InChI=1S/C20H17NO/c1-14-10-11-16(15(2)13-14)20(22)18-8-4-3-7-17(18)19-9-5-6-12-21-19/h3-13H,1-2H3. The van der Waals surface area contributed by atoms with Gasteiger partial charge in [0, 0.05) is 22.9 Å². The molecule has 0 atom stereocenters. The van der Waals surface area contributed by atoms with Crippen molar-refractivity contribution >= 4 is 5.78 Å². The summed E-state index contributed by atoms with van der Waals surface area (Å²) in [7, 11) is 0. The minimum absolute atomic E-state index is 0.0405. The maximum Gasteiger partial charge on any atom is 0.193 e. The van der Waals surface area contributed by atoms with Crippen molar-refractivity contribution in [2.45, 2.75) is 13.8 Å². The third kappa shape index (κ3) is 2.68. The Balaban J connectivity index is 2.11. The molecule has 3 aromatic rings. The zero-order chi connectivity index (χ0) is 15.5. The summed E-state index contributed by atoms with van der Waals surface area (Å²) in [6.07, 6.45) is 1.74. The number of benzene rings is 2. The number of rotatable bonds is 3.